The first kappa shape index (κ1) is 19.2. The molecule has 1 aromatic heterocycles. The maximum atomic E-state index is 15.0. The summed E-state index contributed by atoms with van der Waals surface area (Å²) in [6, 6.07) is 12.2. The molecular weight excluding hydrogens is 388 g/mol. The molecule has 0 fully saturated rings. The smallest absolute Gasteiger partial charge is 0.259 e. The Labute approximate surface area is 164 Å². The summed E-state index contributed by atoms with van der Waals surface area (Å²) in [5.41, 5.74) is 4.81. The molecule has 3 aromatic rings. The molecule has 4 N–H and O–H groups in total. The van der Waals surface area contributed by atoms with Gasteiger partial charge in [-0.3, -0.25) is 10.2 Å². The van der Waals surface area contributed by atoms with E-state index in [1.807, 2.05) is 0 Å². The fraction of sp³-hybridized carbons (Fsp3) is 0. The zero-order valence-electron chi connectivity index (χ0n) is 14.3. The Morgan fingerprint density at radius 1 is 1.14 bits per heavy atom. The number of rotatable bonds is 5. The zero-order valence-corrected chi connectivity index (χ0v) is 15.0. The lowest BCUT2D eigenvalue weighted by Gasteiger charge is -2.18. The molecule has 0 saturated heterocycles. The van der Waals surface area contributed by atoms with Gasteiger partial charge < -0.3 is 11.1 Å². The van der Waals surface area contributed by atoms with Crippen molar-refractivity contribution in [1.29, 1.82) is 5.41 Å². The number of nitrogens with zero attached hydrogens (tertiary/aromatic N) is 2. The third-order valence-electron chi connectivity index (χ3n) is 3.80. The monoisotopic (exact) mass is 401 g/mol. The molecule has 0 aliphatic rings. The number of nitrogens with one attached hydrogen (secondary N) is 2. The highest BCUT2D eigenvalue weighted by Gasteiger charge is 2.21. The second-order valence-corrected chi connectivity index (χ2v) is 6.13. The number of anilines is 3. The molecular formula is C19H14ClF2N5O. The highest BCUT2D eigenvalue weighted by molar-refractivity contribution is 6.30. The van der Waals surface area contributed by atoms with Gasteiger partial charge in [-0.05, 0) is 42.5 Å². The lowest BCUT2D eigenvalue weighted by molar-refractivity contribution is 0.102. The molecule has 2 aromatic carbocycles. The van der Waals surface area contributed by atoms with E-state index >= 15 is 0 Å². The quantitative estimate of drug-likeness (QED) is 0.335. The summed E-state index contributed by atoms with van der Waals surface area (Å²) in [4.78, 5) is 16.5. The second-order valence-electron chi connectivity index (χ2n) is 5.69. The van der Waals surface area contributed by atoms with Crippen LogP contribution in [-0.2, 0) is 0 Å². The maximum absolute atomic E-state index is 15.0. The predicted molar refractivity (Wildman–Crippen MR) is 104 cm³/mol. The van der Waals surface area contributed by atoms with Crippen molar-refractivity contribution in [2.24, 2.45) is 5.73 Å². The van der Waals surface area contributed by atoms with Crippen LogP contribution >= 0.6 is 11.6 Å². The van der Waals surface area contributed by atoms with Crippen molar-refractivity contribution < 1.29 is 13.7 Å². The van der Waals surface area contributed by atoms with Gasteiger partial charge in [-0.25, -0.2) is 9.37 Å². The molecule has 1 heterocycles. The minimum Gasteiger partial charge on any atom is -0.384 e. The molecule has 9 heteroatoms. The van der Waals surface area contributed by atoms with Crippen molar-refractivity contribution in [2.45, 2.75) is 0 Å². The van der Waals surface area contributed by atoms with E-state index in [1.54, 1.807) is 12.1 Å². The normalized spacial score (nSPS) is 10.4. The highest BCUT2D eigenvalue weighted by atomic mass is 35.5. The van der Waals surface area contributed by atoms with E-state index < -0.39 is 17.4 Å². The molecule has 142 valence electrons. The summed E-state index contributed by atoms with van der Waals surface area (Å²) >= 11 is 5.76. The average molecular weight is 402 g/mol. The van der Waals surface area contributed by atoms with Gasteiger partial charge in [0.1, 0.15) is 23.2 Å². The van der Waals surface area contributed by atoms with Crippen molar-refractivity contribution >= 4 is 40.5 Å². The Balaban J connectivity index is 1.92. The van der Waals surface area contributed by atoms with Gasteiger partial charge >= 0.3 is 0 Å². The minimum atomic E-state index is -0.926. The molecule has 0 aliphatic heterocycles. The number of hydrogen-bond acceptors (Lipinski definition) is 4. The number of nitrogen functional groups attached to an aromatic ring is 1. The van der Waals surface area contributed by atoms with Crippen molar-refractivity contribution in [3.05, 3.63) is 82.8 Å². The summed E-state index contributed by atoms with van der Waals surface area (Å²) < 4.78 is 29.3. The molecule has 6 nitrogen and oxygen atoms in total. The van der Waals surface area contributed by atoms with Crippen LogP contribution in [0.4, 0.5) is 26.1 Å². The maximum Gasteiger partial charge on any atom is 0.259 e. The van der Waals surface area contributed by atoms with E-state index in [2.05, 4.69) is 10.3 Å². The Kier molecular flexibility index (Phi) is 5.51. The number of aromatic nitrogens is 1. The summed E-state index contributed by atoms with van der Waals surface area (Å²) in [6.07, 6.45) is 1.36. The number of nitrogens with two attached hydrogens (primary N) is 1. The number of benzene rings is 2. The average Bonchev–Trinajstić information content (AvgIpc) is 2.69. The summed E-state index contributed by atoms with van der Waals surface area (Å²) in [7, 11) is 0. The van der Waals surface area contributed by atoms with Crippen LogP contribution in [-0.4, -0.2) is 16.7 Å². The SMILES string of the molecule is N=C(N)c1ccc(N(F)c2ccccc2C(=O)Nc2ccc(Cl)cn2)c(F)c1. The molecule has 0 spiro atoms. The fourth-order valence-corrected chi connectivity index (χ4v) is 2.55. The molecule has 28 heavy (non-hydrogen) atoms. The summed E-state index contributed by atoms with van der Waals surface area (Å²) in [6.45, 7) is 0. The number of amidine groups is 1. The largest absolute Gasteiger partial charge is 0.384 e. The fourth-order valence-electron chi connectivity index (χ4n) is 2.43. The van der Waals surface area contributed by atoms with Gasteiger partial charge in [0.25, 0.3) is 5.91 Å². The lowest BCUT2D eigenvalue weighted by Crippen LogP contribution is -2.18. The summed E-state index contributed by atoms with van der Waals surface area (Å²) in [5.74, 6) is -1.67. The Morgan fingerprint density at radius 3 is 2.54 bits per heavy atom. The van der Waals surface area contributed by atoms with Gasteiger partial charge in [-0.1, -0.05) is 28.2 Å². The van der Waals surface area contributed by atoms with Gasteiger partial charge in [0.05, 0.1) is 16.3 Å². The van der Waals surface area contributed by atoms with Crippen molar-refractivity contribution in [1.82, 2.24) is 4.98 Å². The third kappa shape index (κ3) is 4.07. The van der Waals surface area contributed by atoms with Crippen LogP contribution in [0, 0.1) is 11.2 Å². The Hall–Kier alpha value is -3.52. The number of carbonyl (C=O) groups excluding carboxylic acids is 1. The molecule has 1 amide bonds. The number of halogens is 3. The first-order valence-corrected chi connectivity index (χ1v) is 8.36. The van der Waals surface area contributed by atoms with Crippen LogP contribution in [0.3, 0.4) is 0 Å². The minimum absolute atomic E-state index is 0.0307. The van der Waals surface area contributed by atoms with E-state index in [1.165, 1.54) is 36.5 Å². The van der Waals surface area contributed by atoms with E-state index in [0.717, 1.165) is 12.1 Å². The van der Waals surface area contributed by atoms with Crippen LogP contribution < -0.4 is 16.2 Å². The number of hydrogen-bond donors (Lipinski definition) is 3. The predicted octanol–water partition coefficient (Wildman–Crippen LogP) is 4.43. The van der Waals surface area contributed by atoms with Gasteiger partial charge in [0.15, 0.2) is 0 Å². The molecule has 0 saturated carbocycles. The first-order chi connectivity index (χ1) is 13.4. The number of carbonyl (C=O) groups is 1. The van der Waals surface area contributed by atoms with Gasteiger partial charge in [0.2, 0.25) is 0 Å². The molecule has 0 atom stereocenters. The van der Waals surface area contributed by atoms with E-state index in [4.69, 9.17) is 22.7 Å². The lowest BCUT2D eigenvalue weighted by atomic mass is 10.1. The van der Waals surface area contributed by atoms with Gasteiger partial charge in [0, 0.05) is 11.8 Å². The number of para-hydroxylation sites is 1. The van der Waals surface area contributed by atoms with Crippen molar-refractivity contribution in [3.63, 3.8) is 0 Å². The molecule has 0 radical (unpaired) electrons. The topological polar surface area (TPSA) is 95.1 Å². The van der Waals surface area contributed by atoms with Crippen LogP contribution in [0.1, 0.15) is 15.9 Å². The molecule has 0 bridgehead atoms. The number of pyridine rings is 1. The zero-order chi connectivity index (χ0) is 20.3. The molecule has 0 aliphatic carbocycles. The van der Waals surface area contributed by atoms with Gasteiger partial charge in [-0.2, -0.15) is 5.12 Å². The standard InChI is InChI=1S/C19H14ClF2N5O/c20-12-6-8-17(25-10-12)26-19(28)13-3-1-2-4-15(13)27(22)16-7-5-11(18(23)24)9-14(16)21/h1-10H,(H3,23,24)(H,25,26,28). The highest BCUT2D eigenvalue weighted by Crippen LogP contribution is 2.32. The second kappa shape index (κ2) is 8.01. The van der Waals surface area contributed by atoms with Crippen LogP contribution in [0.2, 0.25) is 5.02 Å². The van der Waals surface area contributed by atoms with Crippen LogP contribution in [0.5, 0.6) is 0 Å². The summed E-state index contributed by atoms with van der Waals surface area (Å²) in [5, 5.41) is 10.3. The Morgan fingerprint density at radius 2 is 1.89 bits per heavy atom. The Bertz CT molecular complexity index is 1040. The van der Waals surface area contributed by atoms with Crippen LogP contribution in [0.15, 0.2) is 60.8 Å². The third-order valence-corrected chi connectivity index (χ3v) is 4.02. The molecule has 3 rings (SSSR count). The van der Waals surface area contributed by atoms with E-state index in [9.17, 15) is 13.7 Å². The van der Waals surface area contributed by atoms with E-state index in [0.29, 0.717) is 5.02 Å². The number of amides is 1. The van der Waals surface area contributed by atoms with E-state index in [-0.39, 0.29) is 33.6 Å². The van der Waals surface area contributed by atoms with Crippen LogP contribution in [0.25, 0.3) is 0 Å². The molecule has 0 unspecified atom stereocenters. The van der Waals surface area contributed by atoms with Crippen molar-refractivity contribution in [2.75, 3.05) is 10.4 Å². The van der Waals surface area contributed by atoms with Crippen molar-refractivity contribution in [3.8, 4) is 0 Å². The first-order valence-electron chi connectivity index (χ1n) is 7.98. The van der Waals surface area contributed by atoms with Gasteiger partial charge in [-0.15, -0.1) is 0 Å².